The molecule has 2 saturated heterocycles. The SMILES string of the molecule is COc1cc(C=NNc2nc(N3CCCCC3)nc(N3CCCCC3)n2)cc(Br)c1O. The number of aromatic nitrogens is 3. The van der Waals surface area contributed by atoms with Crippen LogP contribution in [0.2, 0.25) is 0 Å². The molecule has 1 aromatic carbocycles. The lowest BCUT2D eigenvalue weighted by molar-refractivity contribution is 0.372. The molecule has 2 aliphatic rings. The highest BCUT2D eigenvalue weighted by Gasteiger charge is 2.20. The molecule has 0 radical (unpaired) electrons. The Balaban J connectivity index is 1.56. The summed E-state index contributed by atoms with van der Waals surface area (Å²) in [4.78, 5) is 18.5. The molecule has 3 heterocycles. The maximum absolute atomic E-state index is 9.97. The lowest BCUT2D eigenvalue weighted by Crippen LogP contribution is -2.34. The molecule has 166 valence electrons. The van der Waals surface area contributed by atoms with Crippen LogP contribution in [-0.4, -0.2) is 59.6 Å². The van der Waals surface area contributed by atoms with Crippen molar-refractivity contribution in [2.75, 3.05) is 48.5 Å². The summed E-state index contributed by atoms with van der Waals surface area (Å²) in [7, 11) is 1.51. The van der Waals surface area contributed by atoms with Crippen LogP contribution < -0.4 is 20.0 Å². The lowest BCUT2D eigenvalue weighted by Gasteiger charge is -2.30. The smallest absolute Gasteiger partial charge is 0.250 e. The number of phenols is 1. The molecule has 31 heavy (non-hydrogen) atoms. The van der Waals surface area contributed by atoms with Crippen molar-refractivity contribution in [2.45, 2.75) is 38.5 Å². The second-order valence-electron chi connectivity index (χ2n) is 7.78. The molecule has 9 nitrogen and oxygen atoms in total. The Morgan fingerprint density at radius 1 is 0.968 bits per heavy atom. The molecule has 0 amide bonds. The number of hydrogen-bond donors (Lipinski definition) is 2. The van der Waals surface area contributed by atoms with Gasteiger partial charge in [0.05, 0.1) is 17.8 Å². The zero-order valence-electron chi connectivity index (χ0n) is 17.7. The first-order valence-corrected chi connectivity index (χ1v) is 11.5. The van der Waals surface area contributed by atoms with E-state index >= 15 is 0 Å². The number of aromatic hydroxyl groups is 1. The summed E-state index contributed by atoms with van der Waals surface area (Å²) in [5.74, 6) is 2.28. The van der Waals surface area contributed by atoms with Crippen molar-refractivity contribution in [1.82, 2.24) is 15.0 Å². The van der Waals surface area contributed by atoms with Crippen LogP contribution in [0.1, 0.15) is 44.1 Å². The third-order valence-corrected chi connectivity index (χ3v) is 6.14. The first-order valence-electron chi connectivity index (χ1n) is 10.8. The largest absolute Gasteiger partial charge is 0.503 e. The van der Waals surface area contributed by atoms with Gasteiger partial charge in [-0.2, -0.15) is 20.1 Å². The van der Waals surface area contributed by atoms with Crippen LogP contribution in [0.3, 0.4) is 0 Å². The summed E-state index contributed by atoms with van der Waals surface area (Å²) < 4.78 is 5.73. The maximum atomic E-state index is 9.97. The van der Waals surface area contributed by atoms with Crippen molar-refractivity contribution in [3.05, 3.63) is 22.2 Å². The lowest BCUT2D eigenvalue weighted by atomic mass is 10.1. The Morgan fingerprint density at radius 3 is 2.10 bits per heavy atom. The maximum Gasteiger partial charge on any atom is 0.250 e. The Hall–Kier alpha value is -2.62. The molecule has 2 fully saturated rings. The van der Waals surface area contributed by atoms with Crippen LogP contribution in [0.4, 0.5) is 17.8 Å². The molecule has 1 aromatic heterocycles. The van der Waals surface area contributed by atoms with Crippen molar-refractivity contribution < 1.29 is 9.84 Å². The Labute approximate surface area is 190 Å². The number of nitrogens with one attached hydrogen (secondary N) is 1. The molecule has 0 aliphatic carbocycles. The van der Waals surface area contributed by atoms with E-state index in [0.717, 1.165) is 57.4 Å². The summed E-state index contributed by atoms with van der Waals surface area (Å²) in [6.07, 6.45) is 8.76. The molecular formula is C21H28BrN7O2. The van der Waals surface area contributed by atoms with Crippen LogP contribution in [0.25, 0.3) is 0 Å². The monoisotopic (exact) mass is 489 g/mol. The van der Waals surface area contributed by atoms with Crippen LogP contribution in [0.5, 0.6) is 11.5 Å². The van der Waals surface area contributed by atoms with Gasteiger partial charge in [-0.3, -0.25) is 0 Å². The Morgan fingerprint density at radius 2 is 1.55 bits per heavy atom. The van der Waals surface area contributed by atoms with Gasteiger partial charge in [-0.1, -0.05) is 0 Å². The van der Waals surface area contributed by atoms with Crippen LogP contribution in [0, 0.1) is 0 Å². The number of hydrazone groups is 1. The summed E-state index contributed by atoms with van der Waals surface area (Å²) >= 11 is 3.33. The van der Waals surface area contributed by atoms with Gasteiger partial charge in [0.15, 0.2) is 11.5 Å². The fourth-order valence-electron chi connectivity index (χ4n) is 3.86. The molecule has 2 aliphatic heterocycles. The van der Waals surface area contributed by atoms with E-state index in [2.05, 4.69) is 46.2 Å². The molecular weight excluding hydrogens is 462 g/mol. The van der Waals surface area contributed by atoms with Gasteiger partial charge in [0, 0.05) is 26.2 Å². The number of nitrogens with zero attached hydrogens (tertiary/aromatic N) is 6. The zero-order valence-corrected chi connectivity index (χ0v) is 19.3. The molecule has 0 unspecified atom stereocenters. The Bertz CT molecular complexity index is 892. The van der Waals surface area contributed by atoms with Crippen LogP contribution >= 0.6 is 15.9 Å². The minimum absolute atomic E-state index is 0.0578. The van der Waals surface area contributed by atoms with Gasteiger partial charge in [0.1, 0.15) is 0 Å². The number of benzene rings is 1. The third kappa shape index (κ3) is 5.36. The first kappa shape index (κ1) is 21.6. The fraction of sp³-hybridized carbons (Fsp3) is 0.524. The number of halogens is 1. The van der Waals surface area contributed by atoms with E-state index in [1.165, 1.54) is 20.0 Å². The van der Waals surface area contributed by atoms with Crippen molar-refractivity contribution in [3.63, 3.8) is 0 Å². The average molecular weight is 490 g/mol. The van der Waals surface area contributed by atoms with Crippen LogP contribution in [-0.2, 0) is 0 Å². The van der Waals surface area contributed by atoms with E-state index in [-0.39, 0.29) is 5.75 Å². The predicted octanol–water partition coefficient (Wildman–Crippen LogP) is 3.77. The van der Waals surface area contributed by atoms with Gasteiger partial charge in [0.25, 0.3) is 0 Å². The average Bonchev–Trinajstić information content (AvgIpc) is 2.82. The predicted molar refractivity (Wildman–Crippen MR) is 126 cm³/mol. The highest BCUT2D eigenvalue weighted by atomic mass is 79.9. The van der Waals surface area contributed by atoms with E-state index in [1.54, 1.807) is 18.3 Å². The van der Waals surface area contributed by atoms with Gasteiger partial charge >= 0.3 is 0 Å². The second kappa shape index (κ2) is 10.1. The molecule has 0 spiro atoms. The van der Waals surface area contributed by atoms with Gasteiger partial charge in [0.2, 0.25) is 17.8 Å². The van der Waals surface area contributed by atoms with E-state index in [1.807, 2.05) is 0 Å². The van der Waals surface area contributed by atoms with Gasteiger partial charge in [-0.05, 0) is 72.2 Å². The highest BCUT2D eigenvalue weighted by Crippen LogP contribution is 2.34. The van der Waals surface area contributed by atoms with Crippen LogP contribution in [0.15, 0.2) is 21.7 Å². The number of phenolic OH excluding ortho intramolecular Hbond substituents is 1. The normalized spacial score (nSPS) is 17.2. The second-order valence-corrected chi connectivity index (χ2v) is 8.63. The molecule has 0 saturated carbocycles. The third-order valence-electron chi connectivity index (χ3n) is 5.54. The van der Waals surface area contributed by atoms with Crippen molar-refractivity contribution in [1.29, 1.82) is 0 Å². The standard InChI is InChI=1S/C21H28BrN7O2/c1-31-17-13-15(12-16(22)18(17)30)14-23-27-19-24-20(28-8-4-2-5-9-28)26-21(25-19)29-10-6-3-7-11-29/h12-14,30H,2-11H2,1H3,(H,24,25,26,27). The molecule has 2 N–H and O–H groups in total. The van der Waals surface area contributed by atoms with E-state index in [0.29, 0.717) is 28.1 Å². The molecule has 2 aromatic rings. The van der Waals surface area contributed by atoms with Crippen molar-refractivity contribution >= 4 is 40.0 Å². The van der Waals surface area contributed by atoms with E-state index < -0.39 is 0 Å². The van der Waals surface area contributed by atoms with Crippen molar-refractivity contribution in [3.8, 4) is 11.5 Å². The summed E-state index contributed by atoms with van der Waals surface area (Å²) in [5.41, 5.74) is 3.72. The fourth-order valence-corrected chi connectivity index (χ4v) is 4.32. The molecule has 0 bridgehead atoms. The van der Waals surface area contributed by atoms with Crippen molar-refractivity contribution in [2.24, 2.45) is 5.10 Å². The van der Waals surface area contributed by atoms with Gasteiger partial charge in [-0.15, -0.1) is 0 Å². The zero-order chi connectivity index (χ0) is 21.6. The van der Waals surface area contributed by atoms with E-state index in [4.69, 9.17) is 9.72 Å². The number of piperidine rings is 2. The number of rotatable bonds is 6. The summed E-state index contributed by atoms with van der Waals surface area (Å²) in [6.45, 7) is 3.86. The van der Waals surface area contributed by atoms with Gasteiger partial charge in [-0.25, -0.2) is 5.43 Å². The minimum atomic E-state index is 0.0578. The topological polar surface area (TPSA) is 99.0 Å². The minimum Gasteiger partial charge on any atom is -0.503 e. The molecule has 10 heteroatoms. The number of ether oxygens (including phenoxy) is 1. The summed E-state index contributed by atoms with van der Waals surface area (Å²) in [6, 6.07) is 3.46. The van der Waals surface area contributed by atoms with E-state index in [9.17, 15) is 5.11 Å². The quantitative estimate of drug-likeness (QED) is 0.467. The highest BCUT2D eigenvalue weighted by molar-refractivity contribution is 9.10. The first-order chi connectivity index (χ1) is 15.1. The van der Waals surface area contributed by atoms with Gasteiger partial charge < -0.3 is 19.6 Å². The summed E-state index contributed by atoms with van der Waals surface area (Å²) in [5, 5.41) is 14.3. The number of anilines is 3. The molecule has 4 rings (SSSR count). The molecule has 0 atom stereocenters. The number of methoxy groups -OCH3 is 1. The Kier molecular flexibility index (Phi) is 7.06. The number of hydrogen-bond acceptors (Lipinski definition) is 9.